The fourth-order valence-corrected chi connectivity index (χ4v) is 2.05. The summed E-state index contributed by atoms with van der Waals surface area (Å²) < 4.78 is 14.2. The number of unbranched alkanes of at least 4 members (excludes halogenated alkanes) is 2. The summed E-state index contributed by atoms with van der Waals surface area (Å²) in [6, 6.07) is 5.25. The third kappa shape index (κ3) is 4.81. The highest BCUT2D eigenvalue weighted by atomic mass is 19.1. The lowest BCUT2D eigenvalue weighted by Gasteiger charge is -2.14. The molecular weight excluding hydrogens is 257 g/mol. The molecule has 4 nitrogen and oxygen atoms in total. The van der Waals surface area contributed by atoms with E-state index in [-0.39, 0.29) is 11.4 Å². The molecular formula is C15H24FN3O. The van der Waals surface area contributed by atoms with Gasteiger partial charge in [0.05, 0.1) is 5.56 Å². The standard InChI is InChI=1S/C15H24FN3O/c1-3-4-5-7-11(2)18-10-12-8-6-9-13(14(12)16)15(17)19-20/h6,8-9,11,18,20H,3-5,7,10H2,1-2H3,(H2,17,19). The van der Waals surface area contributed by atoms with E-state index in [0.717, 1.165) is 6.42 Å². The molecule has 0 radical (unpaired) electrons. The van der Waals surface area contributed by atoms with E-state index in [1.54, 1.807) is 12.1 Å². The number of nitrogens with one attached hydrogen (secondary N) is 1. The summed E-state index contributed by atoms with van der Waals surface area (Å²) in [5, 5.41) is 14.8. The minimum absolute atomic E-state index is 0.130. The molecule has 1 aromatic rings. The molecule has 0 aliphatic heterocycles. The Morgan fingerprint density at radius 3 is 2.85 bits per heavy atom. The van der Waals surface area contributed by atoms with Gasteiger partial charge in [-0.25, -0.2) is 4.39 Å². The zero-order valence-corrected chi connectivity index (χ0v) is 12.2. The molecule has 0 amide bonds. The summed E-state index contributed by atoms with van der Waals surface area (Å²) in [5.41, 5.74) is 6.10. The first-order valence-electron chi connectivity index (χ1n) is 7.08. The molecule has 0 aliphatic carbocycles. The fraction of sp³-hybridized carbons (Fsp3) is 0.533. The van der Waals surface area contributed by atoms with Crippen molar-refractivity contribution in [3.05, 3.63) is 35.1 Å². The Morgan fingerprint density at radius 2 is 2.20 bits per heavy atom. The molecule has 4 N–H and O–H groups in total. The summed E-state index contributed by atoms with van der Waals surface area (Å²) in [6.45, 7) is 4.71. The second-order valence-electron chi connectivity index (χ2n) is 5.04. The minimum atomic E-state index is -0.434. The Labute approximate surface area is 119 Å². The Balaban J connectivity index is 2.60. The third-order valence-electron chi connectivity index (χ3n) is 3.34. The molecule has 0 heterocycles. The second-order valence-corrected chi connectivity index (χ2v) is 5.04. The summed E-state index contributed by atoms with van der Waals surface area (Å²) in [6.07, 6.45) is 4.68. The van der Waals surface area contributed by atoms with Gasteiger partial charge in [0, 0.05) is 18.2 Å². The van der Waals surface area contributed by atoms with Crippen LogP contribution >= 0.6 is 0 Å². The number of hydrogen-bond donors (Lipinski definition) is 3. The van der Waals surface area contributed by atoms with Crippen LogP contribution in [0.4, 0.5) is 4.39 Å². The number of rotatable bonds is 8. The van der Waals surface area contributed by atoms with Crippen molar-refractivity contribution < 1.29 is 9.60 Å². The van der Waals surface area contributed by atoms with Gasteiger partial charge in [-0.15, -0.1) is 0 Å². The molecule has 1 unspecified atom stereocenters. The fourth-order valence-electron chi connectivity index (χ4n) is 2.05. The molecule has 5 heteroatoms. The van der Waals surface area contributed by atoms with Gasteiger partial charge in [0.1, 0.15) is 5.82 Å². The summed E-state index contributed by atoms with van der Waals surface area (Å²) in [7, 11) is 0. The molecule has 20 heavy (non-hydrogen) atoms. The number of benzene rings is 1. The van der Waals surface area contributed by atoms with Crippen LogP contribution in [-0.4, -0.2) is 17.1 Å². The van der Waals surface area contributed by atoms with E-state index in [1.807, 2.05) is 0 Å². The maximum atomic E-state index is 14.2. The van der Waals surface area contributed by atoms with Gasteiger partial charge in [-0.2, -0.15) is 0 Å². The lowest BCUT2D eigenvalue weighted by molar-refractivity contribution is 0.318. The molecule has 0 bridgehead atoms. The molecule has 1 aromatic carbocycles. The quantitative estimate of drug-likeness (QED) is 0.225. The predicted molar refractivity (Wildman–Crippen MR) is 79.4 cm³/mol. The molecule has 112 valence electrons. The van der Waals surface area contributed by atoms with Crippen molar-refractivity contribution in [2.45, 2.75) is 52.1 Å². The minimum Gasteiger partial charge on any atom is -0.409 e. The Bertz CT molecular complexity index is 449. The topological polar surface area (TPSA) is 70.6 Å². The van der Waals surface area contributed by atoms with Gasteiger partial charge in [-0.05, 0) is 19.4 Å². The van der Waals surface area contributed by atoms with Crippen LogP contribution in [0, 0.1) is 5.82 Å². The number of nitrogens with zero attached hydrogens (tertiary/aromatic N) is 1. The van der Waals surface area contributed by atoms with Crippen LogP contribution < -0.4 is 11.1 Å². The smallest absolute Gasteiger partial charge is 0.173 e. The van der Waals surface area contributed by atoms with Crippen molar-refractivity contribution >= 4 is 5.84 Å². The first-order chi connectivity index (χ1) is 9.60. The van der Waals surface area contributed by atoms with E-state index in [1.165, 1.54) is 25.3 Å². The SMILES string of the molecule is CCCCCC(C)NCc1cccc(/C(N)=N/O)c1F. The molecule has 1 atom stereocenters. The van der Waals surface area contributed by atoms with Gasteiger partial charge < -0.3 is 16.3 Å². The van der Waals surface area contributed by atoms with Crippen LogP contribution in [0.3, 0.4) is 0 Å². The van der Waals surface area contributed by atoms with Gasteiger partial charge in [0.25, 0.3) is 0 Å². The van der Waals surface area contributed by atoms with E-state index in [0.29, 0.717) is 18.2 Å². The van der Waals surface area contributed by atoms with Crippen molar-refractivity contribution in [2.75, 3.05) is 0 Å². The Morgan fingerprint density at radius 1 is 1.45 bits per heavy atom. The van der Waals surface area contributed by atoms with Gasteiger partial charge >= 0.3 is 0 Å². The number of nitrogens with two attached hydrogens (primary N) is 1. The highest BCUT2D eigenvalue weighted by Crippen LogP contribution is 2.13. The predicted octanol–water partition coefficient (Wildman–Crippen LogP) is 2.98. The summed E-state index contributed by atoms with van der Waals surface area (Å²) in [5.74, 6) is -0.642. The lowest BCUT2D eigenvalue weighted by atomic mass is 10.1. The number of oxime groups is 1. The van der Waals surface area contributed by atoms with Crippen LogP contribution in [0.5, 0.6) is 0 Å². The van der Waals surface area contributed by atoms with Crippen molar-refractivity contribution in [2.24, 2.45) is 10.9 Å². The molecule has 0 aliphatic rings. The van der Waals surface area contributed by atoms with Crippen molar-refractivity contribution in [3.8, 4) is 0 Å². The number of hydrogen-bond acceptors (Lipinski definition) is 3. The maximum Gasteiger partial charge on any atom is 0.173 e. The number of amidine groups is 1. The van der Waals surface area contributed by atoms with Crippen LogP contribution in [0.15, 0.2) is 23.4 Å². The average molecular weight is 281 g/mol. The van der Waals surface area contributed by atoms with Gasteiger partial charge in [-0.1, -0.05) is 43.5 Å². The second kappa shape index (κ2) is 8.53. The molecule has 0 saturated carbocycles. The molecule has 0 fully saturated rings. The summed E-state index contributed by atoms with van der Waals surface area (Å²) in [4.78, 5) is 0. The number of halogens is 1. The van der Waals surface area contributed by atoms with E-state index in [4.69, 9.17) is 10.9 Å². The van der Waals surface area contributed by atoms with Crippen LogP contribution in [0.2, 0.25) is 0 Å². The van der Waals surface area contributed by atoms with Crippen LogP contribution in [0.25, 0.3) is 0 Å². The van der Waals surface area contributed by atoms with Crippen LogP contribution in [0.1, 0.15) is 50.7 Å². The van der Waals surface area contributed by atoms with Gasteiger partial charge in [-0.3, -0.25) is 0 Å². The zero-order valence-electron chi connectivity index (χ0n) is 12.2. The Kier molecular flexibility index (Phi) is 7.01. The lowest BCUT2D eigenvalue weighted by Crippen LogP contribution is -2.26. The normalized spacial score (nSPS) is 13.4. The average Bonchev–Trinajstić information content (AvgIpc) is 2.45. The molecule has 0 aromatic heterocycles. The molecule has 0 spiro atoms. The Hall–Kier alpha value is -1.62. The van der Waals surface area contributed by atoms with E-state index in [2.05, 4.69) is 24.3 Å². The third-order valence-corrected chi connectivity index (χ3v) is 3.34. The van der Waals surface area contributed by atoms with Gasteiger partial charge in [0.2, 0.25) is 0 Å². The highest BCUT2D eigenvalue weighted by molar-refractivity contribution is 5.97. The zero-order chi connectivity index (χ0) is 15.0. The largest absolute Gasteiger partial charge is 0.409 e. The summed E-state index contributed by atoms with van der Waals surface area (Å²) >= 11 is 0. The molecule has 1 rings (SSSR count). The van der Waals surface area contributed by atoms with Crippen molar-refractivity contribution in [1.82, 2.24) is 5.32 Å². The van der Waals surface area contributed by atoms with E-state index < -0.39 is 5.82 Å². The van der Waals surface area contributed by atoms with E-state index >= 15 is 0 Å². The first kappa shape index (κ1) is 16.4. The highest BCUT2D eigenvalue weighted by Gasteiger charge is 2.12. The van der Waals surface area contributed by atoms with Gasteiger partial charge in [0.15, 0.2) is 5.84 Å². The van der Waals surface area contributed by atoms with Crippen LogP contribution in [-0.2, 0) is 6.54 Å². The van der Waals surface area contributed by atoms with E-state index in [9.17, 15) is 4.39 Å². The first-order valence-corrected chi connectivity index (χ1v) is 7.08. The monoisotopic (exact) mass is 281 g/mol. The van der Waals surface area contributed by atoms with Crippen molar-refractivity contribution in [1.29, 1.82) is 0 Å². The maximum absolute atomic E-state index is 14.2. The molecule has 0 saturated heterocycles. The van der Waals surface area contributed by atoms with Crippen molar-refractivity contribution in [3.63, 3.8) is 0 Å².